The standard InChI is InChI=1S/C32H40FN3O3/c1-2-39-22-12-21-35(32(38)29-18-9-10-19-30(29)33)25-31(37)36(27-15-7-4-8-16-27)24-28-17-11-20-34(28)23-26-13-5-3-6-14-26/h3,5-6,9-11,13-14,17-20,27H,2,4,7-8,12,15-16,21-25H2,1H3. The molecule has 0 aliphatic heterocycles. The molecule has 39 heavy (non-hydrogen) atoms. The molecule has 0 atom stereocenters. The van der Waals surface area contributed by atoms with Gasteiger partial charge in [-0.05, 0) is 56.0 Å². The Morgan fingerprint density at radius 1 is 0.974 bits per heavy atom. The van der Waals surface area contributed by atoms with Crippen molar-refractivity contribution in [2.45, 2.75) is 64.6 Å². The molecule has 3 aromatic rings. The van der Waals surface area contributed by atoms with E-state index in [0.29, 0.717) is 32.7 Å². The molecule has 0 radical (unpaired) electrons. The molecule has 1 saturated carbocycles. The molecule has 0 saturated heterocycles. The van der Waals surface area contributed by atoms with Gasteiger partial charge in [0, 0.05) is 44.2 Å². The maximum Gasteiger partial charge on any atom is 0.257 e. The van der Waals surface area contributed by atoms with E-state index in [-0.39, 0.29) is 24.1 Å². The van der Waals surface area contributed by atoms with E-state index in [4.69, 9.17) is 4.74 Å². The number of benzene rings is 2. The number of halogens is 1. The number of amides is 2. The predicted octanol–water partition coefficient (Wildman–Crippen LogP) is 5.91. The Hall–Kier alpha value is -3.45. The molecule has 0 bridgehead atoms. The largest absolute Gasteiger partial charge is 0.382 e. The van der Waals surface area contributed by atoms with Crippen LogP contribution in [-0.2, 0) is 22.6 Å². The van der Waals surface area contributed by atoms with Crippen molar-refractivity contribution in [3.05, 3.63) is 95.6 Å². The van der Waals surface area contributed by atoms with E-state index in [9.17, 15) is 14.0 Å². The molecule has 208 valence electrons. The van der Waals surface area contributed by atoms with Crippen LogP contribution in [0.15, 0.2) is 72.9 Å². The Morgan fingerprint density at radius 2 is 1.72 bits per heavy atom. The SMILES string of the molecule is CCOCCCN(CC(=O)N(Cc1cccn1Cc1ccccc1)C1CCCCC1)C(=O)c1ccccc1F. The lowest BCUT2D eigenvalue weighted by Gasteiger charge is -2.36. The first-order valence-electron chi connectivity index (χ1n) is 14.2. The van der Waals surface area contributed by atoms with Crippen LogP contribution in [0.25, 0.3) is 0 Å². The monoisotopic (exact) mass is 533 g/mol. The number of carbonyl (C=O) groups is 2. The maximum absolute atomic E-state index is 14.5. The lowest BCUT2D eigenvalue weighted by molar-refractivity contribution is -0.135. The van der Waals surface area contributed by atoms with Crippen LogP contribution in [0.5, 0.6) is 0 Å². The molecule has 1 fully saturated rings. The molecule has 7 heteroatoms. The molecule has 6 nitrogen and oxygen atoms in total. The van der Waals surface area contributed by atoms with Gasteiger partial charge in [-0.3, -0.25) is 9.59 Å². The summed E-state index contributed by atoms with van der Waals surface area (Å²) in [4.78, 5) is 30.8. The second-order valence-corrected chi connectivity index (χ2v) is 10.2. The fourth-order valence-corrected chi connectivity index (χ4v) is 5.33. The molecular formula is C32H40FN3O3. The van der Waals surface area contributed by atoms with Crippen LogP contribution in [-0.4, -0.2) is 58.5 Å². The molecule has 2 aromatic carbocycles. The number of carbonyl (C=O) groups excluding carboxylic acids is 2. The average molecular weight is 534 g/mol. The van der Waals surface area contributed by atoms with Gasteiger partial charge in [-0.2, -0.15) is 0 Å². The van der Waals surface area contributed by atoms with Crippen molar-refractivity contribution in [3.8, 4) is 0 Å². The first-order chi connectivity index (χ1) is 19.1. The Morgan fingerprint density at radius 3 is 2.46 bits per heavy atom. The third kappa shape index (κ3) is 8.02. The van der Waals surface area contributed by atoms with Gasteiger partial charge in [-0.25, -0.2) is 4.39 Å². The smallest absolute Gasteiger partial charge is 0.257 e. The van der Waals surface area contributed by atoms with E-state index in [0.717, 1.165) is 37.9 Å². The van der Waals surface area contributed by atoms with Crippen LogP contribution in [0.3, 0.4) is 0 Å². The van der Waals surface area contributed by atoms with Crippen molar-refractivity contribution in [3.63, 3.8) is 0 Å². The summed E-state index contributed by atoms with van der Waals surface area (Å²) in [6.45, 7) is 4.41. The van der Waals surface area contributed by atoms with Gasteiger partial charge in [0.25, 0.3) is 5.91 Å². The highest BCUT2D eigenvalue weighted by molar-refractivity contribution is 5.96. The van der Waals surface area contributed by atoms with E-state index in [1.807, 2.05) is 42.3 Å². The zero-order chi connectivity index (χ0) is 27.5. The fraction of sp³-hybridized carbons (Fsp3) is 0.438. The molecule has 1 aliphatic rings. The van der Waals surface area contributed by atoms with E-state index >= 15 is 0 Å². The molecule has 0 unspecified atom stereocenters. The molecular weight excluding hydrogens is 493 g/mol. The van der Waals surface area contributed by atoms with Crippen molar-refractivity contribution in [1.29, 1.82) is 0 Å². The van der Waals surface area contributed by atoms with E-state index in [1.165, 1.54) is 29.0 Å². The van der Waals surface area contributed by atoms with E-state index in [2.05, 4.69) is 22.8 Å². The minimum Gasteiger partial charge on any atom is -0.382 e. The van der Waals surface area contributed by atoms with Gasteiger partial charge in [0.15, 0.2) is 0 Å². The van der Waals surface area contributed by atoms with Crippen LogP contribution in [0, 0.1) is 5.82 Å². The summed E-state index contributed by atoms with van der Waals surface area (Å²) in [5.74, 6) is -1.14. The van der Waals surface area contributed by atoms with Crippen LogP contribution >= 0.6 is 0 Å². The minimum atomic E-state index is -0.576. The Labute approximate surface area is 231 Å². The van der Waals surface area contributed by atoms with Crippen LogP contribution in [0.2, 0.25) is 0 Å². The summed E-state index contributed by atoms with van der Waals surface area (Å²) >= 11 is 0. The minimum absolute atomic E-state index is 0.0114. The van der Waals surface area contributed by atoms with Gasteiger partial charge in [-0.1, -0.05) is 61.7 Å². The first-order valence-corrected chi connectivity index (χ1v) is 14.2. The zero-order valence-electron chi connectivity index (χ0n) is 22.9. The quantitative estimate of drug-likeness (QED) is 0.257. The summed E-state index contributed by atoms with van der Waals surface area (Å²) in [5, 5.41) is 0. The lowest BCUT2D eigenvalue weighted by atomic mass is 9.94. The molecule has 2 amide bonds. The maximum atomic E-state index is 14.5. The Kier molecular flexibility index (Phi) is 10.7. The fourth-order valence-electron chi connectivity index (χ4n) is 5.33. The molecule has 1 aliphatic carbocycles. The molecule has 0 spiro atoms. The third-order valence-corrected chi connectivity index (χ3v) is 7.43. The van der Waals surface area contributed by atoms with Crippen molar-refractivity contribution in [2.75, 3.05) is 26.3 Å². The second-order valence-electron chi connectivity index (χ2n) is 10.2. The van der Waals surface area contributed by atoms with Crippen LogP contribution in [0.4, 0.5) is 4.39 Å². The summed E-state index contributed by atoms with van der Waals surface area (Å²) in [6, 6.07) is 20.4. The van der Waals surface area contributed by atoms with Gasteiger partial charge in [0.1, 0.15) is 12.4 Å². The van der Waals surface area contributed by atoms with E-state index in [1.54, 1.807) is 12.1 Å². The van der Waals surface area contributed by atoms with Crippen molar-refractivity contribution in [2.24, 2.45) is 0 Å². The summed E-state index contributed by atoms with van der Waals surface area (Å²) in [7, 11) is 0. The Balaban J connectivity index is 1.54. The second kappa shape index (κ2) is 14.6. The molecule has 1 aromatic heterocycles. The first kappa shape index (κ1) is 28.6. The highest BCUT2D eigenvalue weighted by Crippen LogP contribution is 2.25. The van der Waals surface area contributed by atoms with Crippen molar-refractivity contribution < 1.29 is 18.7 Å². The summed E-state index contributed by atoms with van der Waals surface area (Å²) in [5.41, 5.74) is 2.24. The summed E-state index contributed by atoms with van der Waals surface area (Å²) < 4.78 is 22.2. The lowest BCUT2D eigenvalue weighted by Crippen LogP contribution is -2.48. The molecule has 4 rings (SSSR count). The highest BCUT2D eigenvalue weighted by Gasteiger charge is 2.29. The Bertz CT molecular complexity index is 1190. The van der Waals surface area contributed by atoms with Gasteiger partial charge in [-0.15, -0.1) is 0 Å². The highest BCUT2D eigenvalue weighted by atomic mass is 19.1. The van der Waals surface area contributed by atoms with Gasteiger partial charge in [0.2, 0.25) is 5.91 Å². The predicted molar refractivity (Wildman–Crippen MR) is 151 cm³/mol. The van der Waals surface area contributed by atoms with E-state index < -0.39 is 11.7 Å². The van der Waals surface area contributed by atoms with Crippen molar-refractivity contribution >= 4 is 11.8 Å². The number of hydrogen-bond donors (Lipinski definition) is 0. The average Bonchev–Trinajstić information content (AvgIpc) is 3.40. The van der Waals surface area contributed by atoms with Crippen molar-refractivity contribution in [1.82, 2.24) is 14.4 Å². The number of rotatable bonds is 13. The van der Waals surface area contributed by atoms with Gasteiger partial charge >= 0.3 is 0 Å². The van der Waals surface area contributed by atoms with Gasteiger partial charge in [0.05, 0.1) is 12.1 Å². The zero-order valence-corrected chi connectivity index (χ0v) is 22.9. The molecule has 1 heterocycles. The number of hydrogen-bond acceptors (Lipinski definition) is 3. The third-order valence-electron chi connectivity index (χ3n) is 7.43. The number of ether oxygens (including phenoxy) is 1. The normalized spacial score (nSPS) is 13.8. The number of aromatic nitrogens is 1. The van der Waals surface area contributed by atoms with Crippen LogP contribution in [0.1, 0.15) is 67.1 Å². The number of nitrogens with zero attached hydrogens (tertiary/aromatic N) is 3. The van der Waals surface area contributed by atoms with Crippen LogP contribution < -0.4 is 0 Å². The van der Waals surface area contributed by atoms with Gasteiger partial charge < -0.3 is 19.1 Å². The topological polar surface area (TPSA) is 54.8 Å². The molecule has 0 N–H and O–H groups in total. The summed E-state index contributed by atoms with van der Waals surface area (Å²) in [6.07, 6.45) is 7.89.